The molecule has 1 aliphatic heterocycles. The number of nitrogens with zero attached hydrogens (tertiary/aromatic N) is 1. The van der Waals surface area contributed by atoms with E-state index >= 15 is 0 Å². The van der Waals surface area contributed by atoms with Gasteiger partial charge >= 0.3 is 6.36 Å². The molecule has 0 aliphatic carbocycles. The molecule has 1 fully saturated rings. The first kappa shape index (κ1) is 25.5. The van der Waals surface area contributed by atoms with E-state index in [1.165, 1.54) is 24.1 Å². The fraction of sp³-hybridized carbons (Fsp3) is 0.409. The third-order valence-electron chi connectivity index (χ3n) is 4.87. The monoisotopic (exact) mass is 503 g/mol. The molecule has 0 spiro atoms. The van der Waals surface area contributed by atoms with Crippen molar-refractivity contribution in [3.05, 3.63) is 42.5 Å². The predicted molar refractivity (Wildman–Crippen MR) is 117 cm³/mol. The number of rotatable bonds is 10. The lowest BCUT2D eigenvalue weighted by atomic mass is 10.2. The Bertz CT molecular complexity index is 1100. The molecular weight excluding hydrogens is 479 g/mol. The number of amides is 1. The van der Waals surface area contributed by atoms with Gasteiger partial charge in [0.2, 0.25) is 0 Å². The van der Waals surface area contributed by atoms with E-state index in [9.17, 15) is 26.4 Å². The first-order valence-electron chi connectivity index (χ1n) is 10.3. The second-order valence-corrected chi connectivity index (χ2v) is 9.83. The lowest BCUT2D eigenvalue weighted by molar-refractivity contribution is -0.274. The van der Waals surface area contributed by atoms with E-state index in [4.69, 9.17) is 14.2 Å². The number of ether oxygens (including phenoxy) is 4. The third kappa shape index (κ3) is 7.17. The fourth-order valence-electron chi connectivity index (χ4n) is 3.35. The third-order valence-corrected chi connectivity index (χ3v) is 5.90. The molecular formula is C22H24F3NO7S. The first-order chi connectivity index (χ1) is 15.9. The van der Waals surface area contributed by atoms with E-state index in [0.29, 0.717) is 36.6 Å². The van der Waals surface area contributed by atoms with E-state index in [1.807, 2.05) is 0 Å². The van der Waals surface area contributed by atoms with Crippen LogP contribution in [0.2, 0.25) is 0 Å². The van der Waals surface area contributed by atoms with Gasteiger partial charge in [-0.15, -0.1) is 13.2 Å². The normalized spacial score (nSPS) is 16.4. The molecule has 12 heteroatoms. The standard InChI is InChI=1S/C22H24F3NO7S/c1-30-20-14-15(4-9-18(20)31-12-3-13-34(2,28)29)26-11-10-19(21(26)27)32-16-5-7-17(8-6-16)33-22(23,24)25/h4-9,14,19H,3,10-13H2,1-2H3. The summed E-state index contributed by atoms with van der Waals surface area (Å²) < 4.78 is 79.7. The smallest absolute Gasteiger partial charge is 0.493 e. The van der Waals surface area contributed by atoms with Crippen molar-refractivity contribution in [2.75, 3.05) is 37.2 Å². The molecule has 0 bridgehead atoms. The van der Waals surface area contributed by atoms with Gasteiger partial charge in [-0.1, -0.05) is 0 Å². The zero-order valence-corrected chi connectivity index (χ0v) is 19.3. The van der Waals surface area contributed by atoms with Crippen molar-refractivity contribution in [3.63, 3.8) is 0 Å². The van der Waals surface area contributed by atoms with Gasteiger partial charge < -0.3 is 23.8 Å². The number of halogens is 3. The van der Waals surface area contributed by atoms with Crippen LogP contribution in [0.4, 0.5) is 18.9 Å². The highest BCUT2D eigenvalue weighted by molar-refractivity contribution is 7.90. The molecule has 186 valence electrons. The highest BCUT2D eigenvalue weighted by Crippen LogP contribution is 2.34. The maximum absolute atomic E-state index is 12.9. The largest absolute Gasteiger partial charge is 0.573 e. The van der Waals surface area contributed by atoms with Crippen LogP contribution in [0.3, 0.4) is 0 Å². The number of alkyl halides is 3. The Morgan fingerprint density at radius 2 is 1.74 bits per heavy atom. The SMILES string of the molecule is COc1cc(N2CCC(Oc3ccc(OC(F)(F)F)cc3)C2=O)ccc1OCCCS(C)(=O)=O. The van der Waals surface area contributed by atoms with Crippen molar-refractivity contribution in [1.29, 1.82) is 0 Å². The van der Waals surface area contributed by atoms with Gasteiger partial charge in [0.1, 0.15) is 21.3 Å². The van der Waals surface area contributed by atoms with Crippen LogP contribution in [-0.4, -0.2) is 59.1 Å². The molecule has 1 heterocycles. The molecule has 1 aliphatic rings. The van der Waals surface area contributed by atoms with Crippen LogP contribution >= 0.6 is 0 Å². The summed E-state index contributed by atoms with van der Waals surface area (Å²) in [5.41, 5.74) is 0.561. The summed E-state index contributed by atoms with van der Waals surface area (Å²) in [5, 5.41) is 0. The molecule has 0 aromatic heterocycles. The fourth-order valence-corrected chi connectivity index (χ4v) is 3.99. The maximum atomic E-state index is 12.9. The Morgan fingerprint density at radius 3 is 2.35 bits per heavy atom. The molecule has 1 saturated heterocycles. The quantitative estimate of drug-likeness (QED) is 0.458. The second-order valence-electron chi connectivity index (χ2n) is 7.57. The molecule has 3 rings (SSSR count). The topological polar surface area (TPSA) is 91.4 Å². The van der Waals surface area contributed by atoms with E-state index in [2.05, 4.69) is 4.74 Å². The van der Waals surface area contributed by atoms with Gasteiger partial charge in [-0.25, -0.2) is 8.42 Å². The van der Waals surface area contributed by atoms with Gasteiger partial charge in [-0.3, -0.25) is 4.79 Å². The van der Waals surface area contributed by atoms with Crippen molar-refractivity contribution in [3.8, 4) is 23.0 Å². The molecule has 8 nitrogen and oxygen atoms in total. The van der Waals surface area contributed by atoms with E-state index in [1.54, 1.807) is 18.2 Å². The Kier molecular flexibility index (Phi) is 7.80. The van der Waals surface area contributed by atoms with Gasteiger partial charge in [0.25, 0.3) is 5.91 Å². The van der Waals surface area contributed by atoms with Crippen molar-refractivity contribution >= 4 is 21.4 Å². The van der Waals surface area contributed by atoms with Crippen molar-refractivity contribution in [2.24, 2.45) is 0 Å². The Morgan fingerprint density at radius 1 is 1.06 bits per heavy atom. The average molecular weight is 503 g/mol. The Balaban J connectivity index is 1.61. The van der Waals surface area contributed by atoms with Crippen LogP contribution in [0.1, 0.15) is 12.8 Å². The van der Waals surface area contributed by atoms with E-state index in [0.717, 1.165) is 18.4 Å². The summed E-state index contributed by atoms with van der Waals surface area (Å²) in [4.78, 5) is 14.4. The molecule has 2 aromatic rings. The number of hydrogen-bond donors (Lipinski definition) is 0. The average Bonchev–Trinajstić information content (AvgIpc) is 3.11. The highest BCUT2D eigenvalue weighted by atomic mass is 32.2. The summed E-state index contributed by atoms with van der Waals surface area (Å²) in [6.07, 6.45) is -3.72. The van der Waals surface area contributed by atoms with Crippen LogP contribution in [0.25, 0.3) is 0 Å². The number of carbonyl (C=O) groups is 1. The summed E-state index contributed by atoms with van der Waals surface area (Å²) in [7, 11) is -1.62. The van der Waals surface area contributed by atoms with Crippen LogP contribution in [0, 0.1) is 0 Å². The van der Waals surface area contributed by atoms with Crippen LogP contribution in [0.5, 0.6) is 23.0 Å². The zero-order valence-electron chi connectivity index (χ0n) is 18.5. The van der Waals surface area contributed by atoms with Crippen molar-refractivity contribution in [2.45, 2.75) is 25.3 Å². The summed E-state index contributed by atoms with van der Waals surface area (Å²) in [5.74, 6) is 0.360. The van der Waals surface area contributed by atoms with Crippen LogP contribution in [0.15, 0.2) is 42.5 Å². The number of benzene rings is 2. The lowest BCUT2D eigenvalue weighted by Crippen LogP contribution is -2.32. The van der Waals surface area contributed by atoms with E-state index in [-0.39, 0.29) is 29.8 Å². The van der Waals surface area contributed by atoms with Crippen LogP contribution < -0.4 is 23.8 Å². The number of anilines is 1. The van der Waals surface area contributed by atoms with Gasteiger partial charge in [0.15, 0.2) is 17.6 Å². The number of sulfone groups is 1. The molecule has 0 radical (unpaired) electrons. The van der Waals surface area contributed by atoms with Crippen molar-refractivity contribution < 1.29 is 45.3 Å². The lowest BCUT2D eigenvalue weighted by Gasteiger charge is -2.19. The molecule has 1 atom stereocenters. The van der Waals surface area contributed by atoms with E-state index < -0.39 is 22.3 Å². The second kappa shape index (κ2) is 10.4. The van der Waals surface area contributed by atoms with Gasteiger partial charge in [0, 0.05) is 31.0 Å². The first-order valence-corrected chi connectivity index (χ1v) is 12.3. The molecule has 34 heavy (non-hydrogen) atoms. The van der Waals surface area contributed by atoms with Crippen molar-refractivity contribution in [1.82, 2.24) is 0 Å². The number of methoxy groups -OCH3 is 1. The molecule has 1 unspecified atom stereocenters. The summed E-state index contributed by atoms with van der Waals surface area (Å²) >= 11 is 0. The predicted octanol–water partition coefficient (Wildman–Crippen LogP) is 3.59. The minimum atomic E-state index is -4.79. The molecule has 0 N–H and O–H groups in total. The minimum Gasteiger partial charge on any atom is -0.493 e. The zero-order chi connectivity index (χ0) is 24.9. The molecule has 2 aromatic carbocycles. The highest BCUT2D eigenvalue weighted by Gasteiger charge is 2.35. The van der Waals surface area contributed by atoms with Crippen LogP contribution in [-0.2, 0) is 14.6 Å². The molecule has 0 saturated carbocycles. The Labute approximate surface area is 195 Å². The minimum absolute atomic E-state index is 0.00907. The molecule has 1 amide bonds. The number of carbonyl (C=O) groups excluding carboxylic acids is 1. The van der Waals surface area contributed by atoms with Gasteiger partial charge in [-0.05, 0) is 42.8 Å². The number of hydrogen-bond acceptors (Lipinski definition) is 7. The summed E-state index contributed by atoms with van der Waals surface area (Å²) in [6, 6.07) is 9.77. The van der Waals surface area contributed by atoms with Gasteiger partial charge in [0.05, 0.1) is 19.5 Å². The van der Waals surface area contributed by atoms with Gasteiger partial charge in [-0.2, -0.15) is 0 Å². The summed E-state index contributed by atoms with van der Waals surface area (Å²) in [6.45, 7) is 0.560. The Hall–Kier alpha value is -3.15. The maximum Gasteiger partial charge on any atom is 0.573 e.